The summed E-state index contributed by atoms with van der Waals surface area (Å²) in [4.78, 5) is 19.8. The number of nitrogens with zero attached hydrogens (tertiary/aromatic N) is 3. The van der Waals surface area contributed by atoms with Gasteiger partial charge in [0.15, 0.2) is 6.23 Å². The molecule has 1 unspecified atom stereocenters. The highest BCUT2D eigenvalue weighted by Crippen LogP contribution is 2.58. The molecule has 2 atom stereocenters. The minimum Gasteiger partial charge on any atom is -0.476 e. The summed E-state index contributed by atoms with van der Waals surface area (Å²) in [7, 11) is 0. The summed E-state index contributed by atoms with van der Waals surface area (Å²) in [6.45, 7) is 0.318. The summed E-state index contributed by atoms with van der Waals surface area (Å²) in [5.74, 6) is -2.39. The largest absolute Gasteiger partial charge is 0.476 e. The van der Waals surface area contributed by atoms with Crippen molar-refractivity contribution in [2.45, 2.75) is 50.3 Å². The second-order valence-electron chi connectivity index (χ2n) is 9.06. The molecule has 0 bridgehead atoms. The predicted octanol–water partition coefficient (Wildman–Crippen LogP) is 1.66. The Labute approximate surface area is 167 Å². The van der Waals surface area contributed by atoms with Crippen LogP contribution in [0.15, 0.2) is 12.1 Å². The number of halogens is 2. The highest BCUT2D eigenvalue weighted by Gasteiger charge is 2.59. The fourth-order valence-electron chi connectivity index (χ4n) is 4.65. The molecule has 5 rings (SSSR count). The van der Waals surface area contributed by atoms with Crippen molar-refractivity contribution in [3.05, 3.63) is 17.8 Å². The molecule has 0 radical (unpaired) electrons. The molecule has 2 saturated carbocycles. The number of anilines is 1. The number of primary amides is 1. The highest BCUT2D eigenvalue weighted by atomic mass is 19.3. The van der Waals surface area contributed by atoms with Gasteiger partial charge in [-0.15, -0.1) is 0 Å². The maximum Gasteiger partial charge on any atom is 0.282 e. The van der Waals surface area contributed by atoms with Crippen LogP contribution in [0.1, 0.15) is 44.0 Å². The van der Waals surface area contributed by atoms with Gasteiger partial charge in [-0.25, -0.2) is 13.8 Å². The minimum absolute atomic E-state index is 0.110. The molecule has 9 heteroatoms. The number of hydrogen-bond acceptors (Lipinski definition) is 6. The minimum atomic E-state index is -2.70. The Kier molecular flexibility index (Phi) is 4.26. The molecular formula is C20H26F2N4O3. The Balaban J connectivity index is 1.39. The van der Waals surface area contributed by atoms with Crippen molar-refractivity contribution in [1.82, 2.24) is 9.88 Å². The maximum atomic E-state index is 13.3. The molecular weight excluding hydrogens is 382 g/mol. The molecule has 0 aromatic carbocycles. The van der Waals surface area contributed by atoms with E-state index in [0.717, 1.165) is 32.1 Å². The van der Waals surface area contributed by atoms with Gasteiger partial charge in [-0.2, -0.15) is 0 Å². The van der Waals surface area contributed by atoms with Gasteiger partial charge in [0.1, 0.15) is 5.69 Å². The van der Waals surface area contributed by atoms with Gasteiger partial charge in [-0.05, 0) is 55.6 Å². The summed E-state index contributed by atoms with van der Waals surface area (Å²) in [5, 5.41) is 11.0. The second kappa shape index (κ2) is 6.50. The molecule has 3 heterocycles. The molecule has 1 aromatic heterocycles. The van der Waals surface area contributed by atoms with E-state index in [9.17, 15) is 18.7 Å². The number of aromatic nitrogens is 1. The molecule has 4 fully saturated rings. The monoisotopic (exact) mass is 408 g/mol. The van der Waals surface area contributed by atoms with Gasteiger partial charge >= 0.3 is 0 Å². The summed E-state index contributed by atoms with van der Waals surface area (Å²) < 4.78 is 32.5. The fourth-order valence-corrected chi connectivity index (χ4v) is 4.65. The van der Waals surface area contributed by atoms with Gasteiger partial charge in [-0.3, -0.25) is 9.69 Å². The number of likely N-dealkylation sites (tertiary alicyclic amines) is 1. The first-order chi connectivity index (χ1) is 13.8. The summed E-state index contributed by atoms with van der Waals surface area (Å²) in [5.41, 5.74) is 6.38. The van der Waals surface area contributed by atoms with E-state index in [2.05, 4.69) is 4.98 Å². The van der Waals surface area contributed by atoms with E-state index in [4.69, 9.17) is 10.5 Å². The van der Waals surface area contributed by atoms with Crippen LogP contribution in [0.2, 0.25) is 0 Å². The third-order valence-electron chi connectivity index (χ3n) is 6.72. The van der Waals surface area contributed by atoms with E-state index in [-0.39, 0.29) is 24.4 Å². The molecule has 158 valence electrons. The standard InChI is InChI=1S/C20H26F2N4O3/c21-20(22)10-25(11-20)14-4-3-13(24-17(14)29-9-12-1-2-12)18(28)26-8-7-19(5-6-19)15(26)16(23)27/h3-4,12,15,18,28H,1-2,5-11H2,(H2,23,27)/t15-,18?/m0/s1. The molecule has 29 heavy (non-hydrogen) atoms. The molecule has 1 spiro atoms. The van der Waals surface area contributed by atoms with Crippen LogP contribution in [-0.2, 0) is 4.79 Å². The van der Waals surface area contributed by atoms with E-state index in [0.29, 0.717) is 30.5 Å². The lowest BCUT2D eigenvalue weighted by atomic mass is 9.96. The molecule has 2 saturated heterocycles. The summed E-state index contributed by atoms with van der Waals surface area (Å²) in [6.07, 6.45) is 3.79. The number of carbonyl (C=O) groups excluding carboxylic acids is 1. The topological polar surface area (TPSA) is 91.9 Å². The first-order valence-electron chi connectivity index (χ1n) is 10.3. The molecule has 4 aliphatic rings. The van der Waals surface area contributed by atoms with Gasteiger partial charge in [0, 0.05) is 6.54 Å². The highest BCUT2D eigenvalue weighted by molar-refractivity contribution is 5.82. The van der Waals surface area contributed by atoms with Crippen molar-refractivity contribution in [3.8, 4) is 5.88 Å². The van der Waals surface area contributed by atoms with Crippen LogP contribution in [0.4, 0.5) is 14.5 Å². The molecule has 1 aromatic rings. The van der Waals surface area contributed by atoms with Crippen LogP contribution >= 0.6 is 0 Å². The van der Waals surface area contributed by atoms with Crippen LogP contribution in [0.25, 0.3) is 0 Å². The SMILES string of the molecule is NC(=O)[C@@H]1N(C(O)c2ccc(N3CC(F)(F)C3)c(OCC3CC3)n2)CCC12CC2. The summed E-state index contributed by atoms with van der Waals surface area (Å²) >= 11 is 0. The second-order valence-corrected chi connectivity index (χ2v) is 9.06. The average molecular weight is 408 g/mol. The number of ether oxygens (including phenoxy) is 1. The normalized spacial score (nSPS) is 28.2. The number of carbonyl (C=O) groups is 1. The lowest BCUT2D eigenvalue weighted by Gasteiger charge is -2.40. The van der Waals surface area contributed by atoms with Crippen LogP contribution in [0.5, 0.6) is 5.88 Å². The Bertz CT molecular complexity index is 820. The Morgan fingerprint density at radius 2 is 2.03 bits per heavy atom. The van der Waals surface area contributed by atoms with Gasteiger partial charge in [-0.1, -0.05) is 0 Å². The Morgan fingerprint density at radius 1 is 1.31 bits per heavy atom. The first kappa shape index (κ1) is 19.0. The maximum absolute atomic E-state index is 13.3. The number of hydrogen-bond donors (Lipinski definition) is 2. The fraction of sp³-hybridized carbons (Fsp3) is 0.700. The predicted molar refractivity (Wildman–Crippen MR) is 101 cm³/mol. The Morgan fingerprint density at radius 3 is 2.62 bits per heavy atom. The van der Waals surface area contributed by atoms with Crippen LogP contribution in [0, 0.1) is 11.3 Å². The number of aliphatic hydroxyl groups excluding tert-OH is 1. The third kappa shape index (κ3) is 3.44. The van der Waals surface area contributed by atoms with Crippen molar-refractivity contribution in [3.63, 3.8) is 0 Å². The summed E-state index contributed by atoms with van der Waals surface area (Å²) in [6, 6.07) is 2.78. The zero-order chi connectivity index (χ0) is 20.4. The van der Waals surface area contributed by atoms with Crippen molar-refractivity contribution in [2.24, 2.45) is 17.1 Å². The van der Waals surface area contributed by atoms with E-state index in [1.807, 2.05) is 0 Å². The van der Waals surface area contributed by atoms with Crippen LogP contribution in [-0.4, -0.2) is 59.1 Å². The molecule has 3 N–H and O–H groups in total. The van der Waals surface area contributed by atoms with Crippen LogP contribution in [0.3, 0.4) is 0 Å². The van der Waals surface area contributed by atoms with Gasteiger partial charge < -0.3 is 20.5 Å². The van der Waals surface area contributed by atoms with Gasteiger partial charge in [0.2, 0.25) is 11.8 Å². The number of nitrogens with two attached hydrogens (primary N) is 1. The first-order valence-corrected chi connectivity index (χ1v) is 10.3. The Hall–Kier alpha value is -2.00. The van der Waals surface area contributed by atoms with E-state index < -0.39 is 24.1 Å². The zero-order valence-electron chi connectivity index (χ0n) is 16.2. The zero-order valence-corrected chi connectivity index (χ0v) is 16.2. The van der Waals surface area contributed by atoms with E-state index >= 15 is 0 Å². The van der Waals surface area contributed by atoms with E-state index in [1.165, 1.54) is 4.90 Å². The van der Waals surface area contributed by atoms with Crippen molar-refractivity contribution in [2.75, 3.05) is 31.1 Å². The third-order valence-corrected chi connectivity index (χ3v) is 6.72. The average Bonchev–Trinajstić information content (AvgIpc) is 3.55. The number of rotatable bonds is 7. The van der Waals surface area contributed by atoms with Crippen molar-refractivity contribution < 1.29 is 23.4 Å². The number of aliphatic hydroxyl groups is 1. The van der Waals surface area contributed by atoms with E-state index in [1.54, 1.807) is 17.0 Å². The quantitative estimate of drug-likeness (QED) is 0.713. The van der Waals surface area contributed by atoms with Gasteiger partial charge in [0.05, 0.1) is 31.4 Å². The lowest BCUT2D eigenvalue weighted by molar-refractivity contribution is -0.128. The molecule has 1 amide bonds. The van der Waals surface area contributed by atoms with Crippen molar-refractivity contribution in [1.29, 1.82) is 0 Å². The number of pyridine rings is 1. The molecule has 2 aliphatic carbocycles. The van der Waals surface area contributed by atoms with Gasteiger partial charge in [0.25, 0.3) is 5.92 Å². The smallest absolute Gasteiger partial charge is 0.282 e. The number of alkyl halides is 2. The van der Waals surface area contributed by atoms with Crippen molar-refractivity contribution >= 4 is 11.6 Å². The number of amides is 1. The van der Waals surface area contributed by atoms with Crippen LogP contribution < -0.4 is 15.4 Å². The molecule has 7 nitrogen and oxygen atoms in total. The molecule has 2 aliphatic heterocycles. The lowest BCUT2D eigenvalue weighted by Crippen LogP contribution is -2.56.